The fourth-order valence-electron chi connectivity index (χ4n) is 2.48. The molecule has 0 aliphatic rings. The van der Waals surface area contributed by atoms with Crippen LogP contribution in [0.5, 0.6) is 11.5 Å². The number of benzene rings is 2. The predicted molar refractivity (Wildman–Crippen MR) is 107 cm³/mol. The van der Waals surface area contributed by atoms with Crippen LogP contribution in [0.2, 0.25) is 0 Å². The number of amides is 1. The largest absolute Gasteiger partial charge is 0.505 e. The van der Waals surface area contributed by atoms with E-state index in [-0.39, 0.29) is 18.0 Å². The van der Waals surface area contributed by atoms with Crippen molar-refractivity contribution in [3.8, 4) is 11.5 Å². The average molecular weight is 401 g/mol. The maximum Gasteiger partial charge on any atom is 0.249 e. The normalized spacial score (nSPS) is 10.8. The SMILES string of the molecule is Cl.NC(=O)/C(=C/c1ccc(F)c(O)c1)c1cccc(OCc2ccncc2)c1. The van der Waals surface area contributed by atoms with Gasteiger partial charge in [-0.3, -0.25) is 9.78 Å². The van der Waals surface area contributed by atoms with Gasteiger partial charge in [-0.15, -0.1) is 12.4 Å². The van der Waals surface area contributed by atoms with Crippen molar-refractivity contribution in [2.24, 2.45) is 5.73 Å². The molecule has 1 aromatic heterocycles. The molecule has 5 nitrogen and oxygen atoms in total. The molecule has 144 valence electrons. The van der Waals surface area contributed by atoms with Gasteiger partial charge in [-0.25, -0.2) is 4.39 Å². The van der Waals surface area contributed by atoms with Gasteiger partial charge in [0.25, 0.3) is 0 Å². The van der Waals surface area contributed by atoms with Gasteiger partial charge in [0.2, 0.25) is 5.91 Å². The summed E-state index contributed by atoms with van der Waals surface area (Å²) in [5, 5.41) is 9.50. The van der Waals surface area contributed by atoms with Crippen molar-refractivity contribution >= 4 is 30.0 Å². The van der Waals surface area contributed by atoms with Crippen molar-refractivity contribution in [1.29, 1.82) is 0 Å². The van der Waals surface area contributed by atoms with Crippen LogP contribution in [0, 0.1) is 5.82 Å². The number of carbonyl (C=O) groups is 1. The zero-order valence-electron chi connectivity index (χ0n) is 14.7. The summed E-state index contributed by atoms with van der Waals surface area (Å²) in [6, 6.07) is 14.4. The Hall–Kier alpha value is -3.38. The number of halogens is 2. The molecule has 0 spiro atoms. The molecule has 0 saturated heterocycles. The van der Waals surface area contributed by atoms with Gasteiger partial charge >= 0.3 is 0 Å². The first-order chi connectivity index (χ1) is 13.0. The molecule has 0 saturated carbocycles. The lowest BCUT2D eigenvalue weighted by Gasteiger charge is -2.09. The summed E-state index contributed by atoms with van der Waals surface area (Å²) in [5.74, 6) is -1.31. The van der Waals surface area contributed by atoms with E-state index in [1.807, 2.05) is 12.1 Å². The van der Waals surface area contributed by atoms with Crippen molar-refractivity contribution in [1.82, 2.24) is 4.98 Å². The molecular weight excluding hydrogens is 383 g/mol. The van der Waals surface area contributed by atoms with Crippen LogP contribution < -0.4 is 10.5 Å². The fraction of sp³-hybridized carbons (Fsp3) is 0.0476. The zero-order chi connectivity index (χ0) is 19.2. The van der Waals surface area contributed by atoms with Crippen LogP contribution in [-0.2, 0) is 11.4 Å². The summed E-state index contributed by atoms with van der Waals surface area (Å²) in [6.45, 7) is 0.355. The van der Waals surface area contributed by atoms with E-state index in [4.69, 9.17) is 10.5 Å². The molecule has 0 fully saturated rings. The molecule has 7 heteroatoms. The highest BCUT2D eigenvalue weighted by Crippen LogP contribution is 2.25. The van der Waals surface area contributed by atoms with E-state index in [2.05, 4.69) is 4.98 Å². The molecule has 1 amide bonds. The van der Waals surface area contributed by atoms with Gasteiger partial charge in [-0.05, 0) is 59.2 Å². The molecule has 3 rings (SSSR count). The van der Waals surface area contributed by atoms with E-state index >= 15 is 0 Å². The number of primary amides is 1. The lowest BCUT2D eigenvalue weighted by molar-refractivity contribution is -0.112. The Labute approximate surface area is 167 Å². The van der Waals surface area contributed by atoms with Crippen LogP contribution in [-0.4, -0.2) is 16.0 Å². The highest BCUT2D eigenvalue weighted by molar-refractivity contribution is 6.23. The fourth-order valence-corrected chi connectivity index (χ4v) is 2.48. The van der Waals surface area contributed by atoms with E-state index in [9.17, 15) is 14.3 Å². The number of aromatic hydroxyl groups is 1. The van der Waals surface area contributed by atoms with Crippen molar-refractivity contribution in [2.45, 2.75) is 6.61 Å². The number of aromatic nitrogens is 1. The Morgan fingerprint density at radius 1 is 1.14 bits per heavy atom. The molecule has 28 heavy (non-hydrogen) atoms. The molecule has 0 aliphatic heterocycles. The van der Waals surface area contributed by atoms with E-state index in [1.54, 1.807) is 36.7 Å². The van der Waals surface area contributed by atoms with Crippen LogP contribution in [0.4, 0.5) is 4.39 Å². The molecule has 3 N–H and O–H groups in total. The minimum atomic E-state index is -0.737. The molecular formula is C21H18ClFN2O3. The van der Waals surface area contributed by atoms with Gasteiger partial charge in [0.05, 0.1) is 0 Å². The third-order valence-electron chi connectivity index (χ3n) is 3.85. The summed E-state index contributed by atoms with van der Waals surface area (Å²) in [5.41, 5.74) is 7.69. The number of hydrogen-bond donors (Lipinski definition) is 2. The van der Waals surface area contributed by atoms with Crippen LogP contribution in [0.15, 0.2) is 67.0 Å². The summed E-state index contributed by atoms with van der Waals surface area (Å²) < 4.78 is 19.0. The van der Waals surface area contributed by atoms with Crippen LogP contribution >= 0.6 is 12.4 Å². The molecule has 0 radical (unpaired) electrons. The van der Waals surface area contributed by atoms with Gasteiger partial charge in [-0.2, -0.15) is 0 Å². The lowest BCUT2D eigenvalue weighted by atomic mass is 10.0. The topological polar surface area (TPSA) is 85.4 Å². The minimum absolute atomic E-state index is 0. The van der Waals surface area contributed by atoms with Crippen molar-refractivity contribution in [3.63, 3.8) is 0 Å². The number of nitrogens with two attached hydrogens (primary N) is 1. The Kier molecular flexibility index (Phi) is 7.12. The first-order valence-corrected chi connectivity index (χ1v) is 8.15. The highest BCUT2D eigenvalue weighted by Gasteiger charge is 2.11. The third-order valence-corrected chi connectivity index (χ3v) is 3.85. The summed E-state index contributed by atoms with van der Waals surface area (Å²) in [7, 11) is 0. The van der Waals surface area contributed by atoms with Gasteiger partial charge in [0.1, 0.15) is 12.4 Å². The van der Waals surface area contributed by atoms with Gasteiger partial charge in [0, 0.05) is 18.0 Å². The molecule has 3 aromatic rings. The van der Waals surface area contributed by atoms with Crippen LogP contribution in [0.25, 0.3) is 11.6 Å². The molecule has 0 bridgehead atoms. The Morgan fingerprint density at radius 2 is 1.89 bits per heavy atom. The van der Waals surface area contributed by atoms with E-state index in [0.29, 0.717) is 23.5 Å². The van der Waals surface area contributed by atoms with Crippen molar-refractivity contribution < 1.29 is 19.0 Å². The highest BCUT2D eigenvalue weighted by atomic mass is 35.5. The Balaban J connectivity index is 0.00000280. The summed E-state index contributed by atoms with van der Waals surface area (Å²) in [4.78, 5) is 15.9. The molecule has 1 heterocycles. The Bertz CT molecular complexity index is 994. The van der Waals surface area contributed by atoms with Crippen molar-refractivity contribution in [2.75, 3.05) is 0 Å². The van der Waals surface area contributed by atoms with Crippen molar-refractivity contribution in [3.05, 3.63) is 89.5 Å². The number of hydrogen-bond acceptors (Lipinski definition) is 4. The number of nitrogens with zero attached hydrogens (tertiary/aromatic N) is 1. The second kappa shape index (κ2) is 9.53. The number of phenols is 1. The van der Waals surface area contributed by atoms with E-state index in [0.717, 1.165) is 11.6 Å². The standard InChI is InChI=1S/C21H17FN2O3.ClH/c22-19-5-4-15(11-20(19)25)10-18(21(23)26)16-2-1-3-17(12-16)27-13-14-6-8-24-9-7-14;/h1-12,25H,13H2,(H2,23,26);1H/b18-10+;. The zero-order valence-corrected chi connectivity index (χ0v) is 15.5. The number of ether oxygens (including phenoxy) is 1. The first-order valence-electron chi connectivity index (χ1n) is 8.15. The molecule has 2 aromatic carbocycles. The van der Waals surface area contributed by atoms with Gasteiger partial charge in [0.15, 0.2) is 11.6 Å². The van der Waals surface area contributed by atoms with E-state index in [1.165, 1.54) is 18.2 Å². The molecule has 0 aliphatic carbocycles. The molecule has 0 unspecified atom stereocenters. The van der Waals surface area contributed by atoms with E-state index < -0.39 is 17.5 Å². The first kappa shape index (κ1) is 20.9. The summed E-state index contributed by atoms with van der Waals surface area (Å²) >= 11 is 0. The van der Waals surface area contributed by atoms with Crippen LogP contribution in [0.3, 0.4) is 0 Å². The predicted octanol–water partition coefficient (Wildman–Crippen LogP) is 3.95. The number of carbonyl (C=O) groups excluding carboxylic acids is 1. The number of rotatable bonds is 6. The average Bonchev–Trinajstić information content (AvgIpc) is 2.68. The van der Waals surface area contributed by atoms with Gasteiger partial charge < -0.3 is 15.6 Å². The second-order valence-electron chi connectivity index (χ2n) is 5.81. The van der Waals surface area contributed by atoms with Gasteiger partial charge in [-0.1, -0.05) is 18.2 Å². The molecule has 0 atom stereocenters. The van der Waals surface area contributed by atoms with Crippen LogP contribution in [0.1, 0.15) is 16.7 Å². The number of phenolic OH excluding ortho intramolecular Hbond substituents is 1. The smallest absolute Gasteiger partial charge is 0.249 e. The third kappa shape index (κ3) is 5.31. The monoisotopic (exact) mass is 400 g/mol. The maximum atomic E-state index is 13.2. The Morgan fingerprint density at radius 3 is 2.57 bits per heavy atom. The maximum absolute atomic E-state index is 13.2. The second-order valence-corrected chi connectivity index (χ2v) is 5.81. The summed E-state index contributed by atoms with van der Waals surface area (Å²) in [6.07, 6.45) is 4.85. The quantitative estimate of drug-likeness (QED) is 0.484. The minimum Gasteiger partial charge on any atom is -0.505 e. The number of pyridine rings is 1. The lowest BCUT2D eigenvalue weighted by Crippen LogP contribution is -2.13.